The van der Waals surface area contributed by atoms with Crippen LogP contribution in [0.25, 0.3) is 0 Å². The highest BCUT2D eigenvalue weighted by molar-refractivity contribution is 5.99. The van der Waals surface area contributed by atoms with Gasteiger partial charge in [-0.1, -0.05) is 12.1 Å². The molecule has 1 saturated heterocycles. The van der Waals surface area contributed by atoms with E-state index in [1.54, 1.807) is 18.9 Å². The Morgan fingerprint density at radius 1 is 1.03 bits per heavy atom. The van der Waals surface area contributed by atoms with E-state index in [0.717, 1.165) is 25.2 Å². The molecule has 186 valence electrons. The third kappa shape index (κ3) is 5.28. The fourth-order valence-electron chi connectivity index (χ4n) is 4.39. The summed E-state index contributed by atoms with van der Waals surface area (Å²) in [5.41, 5.74) is 1.14. The Bertz CT molecular complexity index is 979. The normalized spacial score (nSPS) is 20.0. The molecular weight excluding hydrogens is 453 g/mol. The van der Waals surface area contributed by atoms with Crippen LogP contribution in [0.15, 0.2) is 46.8 Å². The highest BCUT2D eigenvalue weighted by Gasteiger charge is 2.41. The van der Waals surface area contributed by atoms with Gasteiger partial charge < -0.3 is 19.1 Å². The number of rotatable bonds is 6. The molecule has 7 nitrogen and oxygen atoms in total. The maximum atomic E-state index is 13.1. The number of carbonyl (C=O) groups is 2. The first-order chi connectivity index (χ1) is 16.1. The van der Waals surface area contributed by atoms with Crippen LogP contribution in [0.3, 0.4) is 0 Å². The van der Waals surface area contributed by atoms with Crippen molar-refractivity contribution >= 4 is 11.9 Å². The molecule has 0 amide bonds. The predicted molar refractivity (Wildman–Crippen MR) is 118 cm³/mol. The number of nitrogens with zero attached hydrogens (tertiary/aromatic N) is 2. The van der Waals surface area contributed by atoms with Crippen LogP contribution in [-0.4, -0.2) is 75.9 Å². The first-order valence-electron chi connectivity index (χ1n) is 10.9. The zero-order valence-corrected chi connectivity index (χ0v) is 19.7. The van der Waals surface area contributed by atoms with E-state index in [2.05, 4.69) is 4.90 Å². The number of alkyl halides is 3. The number of methoxy groups -OCH3 is 2. The second-order valence-corrected chi connectivity index (χ2v) is 8.16. The summed E-state index contributed by atoms with van der Waals surface area (Å²) in [5, 5.41) is 0. The molecule has 1 unspecified atom stereocenters. The average molecular weight is 482 g/mol. The van der Waals surface area contributed by atoms with E-state index in [0.29, 0.717) is 43.1 Å². The lowest BCUT2D eigenvalue weighted by atomic mass is 9.79. The van der Waals surface area contributed by atoms with Crippen molar-refractivity contribution in [2.24, 2.45) is 0 Å². The van der Waals surface area contributed by atoms with Gasteiger partial charge >= 0.3 is 18.1 Å². The molecule has 0 radical (unpaired) electrons. The number of morpholine rings is 1. The zero-order chi connectivity index (χ0) is 25.0. The third-order valence-electron chi connectivity index (χ3n) is 6.34. The monoisotopic (exact) mass is 482 g/mol. The number of carbonyl (C=O) groups excluding carboxylic acids is 2. The van der Waals surface area contributed by atoms with Gasteiger partial charge in [-0.3, -0.25) is 4.90 Å². The van der Waals surface area contributed by atoms with Crippen molar-refractivity contribution in [3.63, 3.8) is 0 Å². The van der Waals surface area contributed by atoms with E-state index in [9.17, 15) is 22.8 Å². The number of allylic oxidation sites excluding steroid dienone is 1. The Balaban J connectivity index is 2.12. The second-order valence-electron chi connectivity index (χ2n) is 8.16. The van der Waals surface area contributed by atoms with Gasteiger partial charge in [0.2, 0.25) is 0 Å². The fraction of sp³-hybridized carbons (Fsp3) is 0.500. The molecule has 3 rings (SSSR count). The van der Waals surface area contributed by atoms with E-state index >= 15 is 0 Å². The van der Waals surface area contributed by atoms with Crippen molar-refractivity contribution in [1.29, 1.82) is 0 Å². The Labute approximate surface area is 196 Å². The van der Waals surface area contributed by atoms with E-state index in [4.69, 9.17) is 14.2 Å². The summed E-state index contributed by atoms with van der Waals surface area (Å²) in [5.74, 6) is -2.25. The lowest BCUT2D eigenvalue weighted by Gasteiger charge is -2.38. The van der Waals surface area contributed by atoms with Crippen molar-refractivity contribution in [2.45, 2.75) is 25.4 Å². The first kappa shape index (κ1) is 25.8. The first-order valence-corrected chi connectivity index (χ1v) is 10.9. The minimum absolute atomic E-state index is 0.181. The molecule has 0 saturated carbocycles. The number of esters is 2. The lowest BCUT2D eigenvalue weighted by molar-refractivity contribution is -0.138. The maximum Gasteiger partial charge on any atom is 0.416 e. The van der Waals surface area contributed by atoms with Crippen LogP contribution in [0.5, 0.6) is 0 Å². The molecule has 0 bridgehead atoms. The van der Waals surface area contributed by atoms with Crippen LogP contribution in [0.1, 0.15) is 30.4 Å². The molecule has 2 aliphatic rings. The number of ether oxygens (including phenoxy) is 3. The quantitative estimate of drug-likeness (QED) is 0.576. The highest BCUT2D eigenvalue weighted by atomic mass is 19.4. The van der Waals surface area contributed by atoms with Crippen LogP contribution in [0.2, 0.25) is 0 Å². The van der Waals surface area contributed by atoms with E-state index in [1.165, 1.54) is 26.4 Å². The number of hydrogen-bond donors (Lipinski definition) is 0. The molecule has 34 heavy (non-hydrogen) atoms. The van der Waals surface area contributed by atoms with Crippen molar-refractivity contribution in [2.75, 3.05) is 54.1 Å². The molecule has 0 N–H and O–H groups in total. The number of benzene rings is 1. The topological polar surface area (TPSA) is 68.3 Å². The Kier molecular flexibility index (Phi) is 8.04. The molecule has 1 atom stereocenters. The van der Waals surface area contributed by atoms with Gasteiger partial charge in [-0.25, -0.2) is 9.59 Å². The predicted octanol–water partition coefficient (Wildman–Crippen LogP) is 3.33. The van der Waals surface area contributed by atoms with Gasteiger partial charge in [-0.15, -0.1) is 0 Å². The molecular formula is C24H29F3N2O5. The molecule has 1 aromatic carbocycles. The third-order valence-corrected chi connectivity index (χ3v) is 6.34. The Morgan fingerprint density at radius 3 is 2.12 bits per heavy atom. The molecule has 2 aliphatic heterocycles. The summed E-state index contributed by atoms with van der Waals surface area (Å²) in [6.45, 7) is 5.14. The minimum Gasteiger partial charge on any atom is -0.466 e. The molecule has 0 spiro atoms. The van der Waals surface area contributed by atoms with Crippen LogP contribution < -0.4 is 0 Å². The summed E-state index contributed by atoms with van der Waals surface area (Å²) in [6.07, 6.45) is -4.03. The maximum absolute atomic E-state index is 13.1. The van der Waals surface area contributed by atoms with Gasteiger partial charge in [0, 0.05) is 44.5 Å². The van der Waals surface area contributed by atoms with Crippen LogP contribution in [0, 0.1) is 0 Å². The van der Waals surface area contributed by atoms with E-state index in [-0.39, 0.29) is 11.1 Å². The summed E-state index contributed by atoms with van der Waals surface area (Å²) in [4.78, 5) is 29.8. The standard InChI is InChI=1S/C24H29F3N2O5/c1-15-19(22(30)32-3)20(16-5-7-17(8-6-16)24(25,26)27)21(23(31)33-4)18(28(15)2)9-10-29-11-13-34-14-12-29/h5-8,20H,9-14H2,1-4H3. The molecule has 1 fully saturated rings. The molecule has 0 aliphatic carbocycles. The van der Waals surface area contributed by atoms with Gasteiger partial charge in [-0.2, -0.15) is 13.2 Å². The zero-order valence-electron chi connectivity index (χ0n) is 19.7. The summed E-state index contributed by atoms with van der Waals surface area (Å²) >= 11 is 0. The van der Waals surface area contributed by atoms with Crippen LogP contribution in [-0.2, 0) is 30.0 Å². The van der Waals surface area contributed by atoms with Gasteiger partial charge in [0.25, 0.3) is 0 Å². The second kappa shape index (κ2) is 10.6. The van der Waals surface area contributed by atoms with E-state index in [1.807, 2.05) is 0 Å². The Morgan fingerprint density at radius 2 is 1.59 bits per heavy atom. The van der Waals surface area contributed by atoms with Crippen LogP contribution in [0.4, 0.5) is 13.2 Å². The molecule has 2 heterocycles. The molecule has 1 aromatic rings. The van der Waals surface area contributed by atoms with Gasteiger partial charge in [0.05, 0.1) is 50.1 Å². The number of hydrogen-bond acceptors (Lipinski definition) is 7. The lowest BCUT2D eigenvalue weighted by Crippen LogP contribution is -2.39. The minimum atomic E-state index is -4.51. The molecule has 10 heteroatoms. The summed E-state index contributed by atoms with van der Waals surface area (Å²) in [7, 11) is 4.21. The fourth-order valence-corrected chi connectivity index (χ4v) is 4.39. The Hall–Kier alpha value is -2.85. The number of halogens is 3. The van der Waals surface area contributed by atoms with Gasteiger partial charge in [0.15, 0.2) is 0 Å². The van der Waals surface area contributed by atoms with Gasteiger partial charge in [0.1, 0.15) is 0 Å². The highest BCUT2D eigenvalue weighted by Crippen LogP contribution is 2.44. The van der Waals surface area contributed by atoms with Crippen molar-refractivity contribution in [1.82, 2.24) is 9.80 Å². The SMILES string of the molecule is COC(=O)C1=C(C)N(C)C(CCN2CCOCC2)=C(C(=O)OC)C1c1ccc(C(F)(F)F)cc1. The summed E-state index contributed by atoms with van der Waals surface area (Å²) in [6, 6.07) is 4.47. The largest absolute Gasteiger partial charge is 0.466 e. The van der Waals surface area contributed by atoms with Crippen LogP contribution >= 0.6 is 0 Å². The van der Waals surface area contributed by atoms with Crippen molar-refractivity contribution in [3.8, 4) is 0 Å². The van der Waals surface area contributed by atoms with Gasteiger partial charge in [-0.05, 0) is 24.6 Å². The molecule has 0 aromatic heterocycles. The summed E-state index contributed by atoms with van der Waals surface area (Å²) < 4.78 is 54.9. The van der Waals surface area contributed by atoms with E-state index < -0.39 is 29.6 Å². The van der Waals surface area contributed by atoms with Crippen molar-refractivity contribution in [3.05, 3.63) is 57.9 Å². The smallest absolute Gasteiger partial charge is 0.416 e. The van der Waals surface area contributed by atoms with Crippen molar-refractivity contribution < 1.29 is 37.0 Å². The average Bonchev–Trinajstić information content (AvgIpc) is 2.83.